The predicted molar refractivity (Wildman–Crippen MR) is 75.0 cm³/mol. The van der Waals surface area contributed by atoms with Gasteiger partial charge in [0.05, 0.1) is 0 Å². The zero-order valence-corrected chi connectivity index (χ0v) is 11.0. The predicted octanol–water partition coefficient (Wildman–Crippen LogP) is 1.56. The van der Waals surface area contributed by atoms with Gasteiger partial charge in [0.25, 0.3) is 0 Å². The van der Waals surface area contributed by atoms with E-state index in [0.717, 1.165) is 16.4 Å². The molecule has 4 N–H and O–H groups in total. The Morgan fingerprint density at radius 3 is 2.89 bits per heavy atom. The van der Waals surface area contributed by atoms with Crippen molar-refractivity contribution in [3.8, 4) is 10.7 Å². The van der Waals surface area contributed by atoms with Gasteiger partial charge in [-0.1, -0.05) is 12.2 Å². The van der Waals surface area contributed by atoms with E-state index in [9.17, 15) is 0 Å². The van der Waals surface area contributed by atoms with Crippen LogP contribution >= 0.6 is 11.3 Å². The molecule has 5 nitrogen and oxygen atoms in total. The Kier molecular flexibility index (Phi) is 2.88. The van der Waals surface area contributed by atoms with Crippen molar-refractivity contribution < 1.29 is 0 Å². The molecule has 1 atom stereocenters. The number of nitrogens with two attached hydrogens (primary N) is 2. The summed E-state index contributed by atoms with van der Waals surface area (Å²) in [7, 11) is 0. The van der Waals surface area contributed by atoms with Crippen LogP contribution in [0.2, 0.25) is 0 Å². The number of aromatic nitrogens is 3. The van der Waals surface area contributed by atoms with Crippen molar-refractivity contribution in [2.45, 2.75) is 12.0 Å². The lowest BCUT2D eigenvalue weighted by Gasteiger charge is -2.26. The van der Waals surface area contributed by atoms with Gasteiger partial charge in [-0.3, -0.25) is 0 Å². The summed E-state index contributed by atoms with van der Waals surface area (Å²) in [5, 5.41) is 2.77. The lowest BCUT2D eigenvalue weighted by molar-refractivity contribution is 0.510. The van der Waals surface area contributed by atoms with E-state index < -0.39 is 5.54 Å². The molecule has 0 radical (unpaired) electrons. The molecule has 1 unspecified atom stereocenters. The van der Waals surface area contributed by atoms with Gasteiger partial charge in [-0.15, -0.1) is 11.3 Å². The van der Waals surface area contributed by atoms with Crippen molar-refractivity contribution in [1.82, 2.24) is 15.0 Å². The van der Waals surface area contributed by atoms with Gasteiger partial charge in [-0.2, -0.15) is 0 Å². The zero-order valence-electron chi connectivity index (χ0n) is 10.2. The van der Waals surface area contributed by atoms with E-state index in [4.69, 9.17) is 11.5 Å². The highest BCUT2D eigenvalue weighted by Crippen LogP contribution is 2.28. The van der Waals surface area contributed by atoms with Crippen LogP contribution in [-0.2, 0) is 5.54 Å². The standard InChI is InChI=1S/C13H13N5S/c14-9-2-1-4-13(15,8-9)12-17-5-3-10(18-12)11-16-6-7-19-11/h1-7H,8,14-15H2. The number of rotatable bonds is 2. The molecule has 2 heterocycles. The summed E-state index contributed by atoms with van der Waals surface area (Å²) in [6.07, 6.45) is 9.54. The van der Waals surface area contributed by atoms with Crippen molar-refractivity contribution in [1.29, 1.82) is 0 Å². The second kappa shape index (κ2) is 4.56. The summed E-state index contributed by atoms with van der Waals surface area (Å²) in [5.74, 6) is 0.562. The average molecular weight is 271 g/mol. The maximum atomic E-state index is 6.34. The Labute approximate surface area is 114 Å². The van der Waals surface area contributed by atoms with E-state index >= 15 is 0 Å². The minimum atomic E-state index is -0.744. The molecule has 0 saturated heterocycles. The highest BCUT2D eigenvalue weighted by molar-refractivity contribution is 7.13. The minimum Gasteiger partial charge on any atom is -0.402 e. The van der Waals surface area contributed by atoms with Crippen molar-refractivity contribution in [3.05, 3.63) is 53.6 Å². The fourth-order valence-electron chi connectivity index (χ4n) is 2.00. The highest BCUT2D eigenvalue weighted by atomic mass is 32.1. The summed E-state index contributed by atoms with van der Waals surface area (Å²) in [6.45, 7) is 0. The maximum Gasteiger partial charge on any atom is 0.153 e. The van der Waals surface area contributed by atoms with Crippen molar-refractivity contribution in [2.24, 2.45) is 11.5 Å². The second-order valence-electron chi connectivity index (χ2n) is 4.42. The summed E-state index contributed by atoms with van der Waals surface area (Å²) in [6, 6.07) is 1.83. The number of thiazole rings is 1. The average Bonchev–Trinajstić information content (AvgIpc) is 2.92. The van der Waals surface area contributed by atoms with Crippen molar-refractivity contribution in [2.75, 3.05) is 0 Å². The molecule has 0 saturated carbocycles. The van der Waals surface area contributed by atoms with E-state index in [-0.39, 0.29) is 0 Å². The van der Waals surface area contributed by atoms with Crippen LogP contribution in [0, 0.1) is 0 Å². The summed E-state index contributed by atoms with van der Waals surface area (Å²) < 4.78 is 0. The first kappa shape index (κ1) is 12.0. The Balaban J connectivity index is 2.00. The third kappa shape index (κ3) is 2.27. The van der Waals surface area contributed by atoms with E-state index in [0.29, 0.717) is 12.2 Å². The SMILES string of the molecule is NC1=CC=CC(N)(c2nccc(-c3nccs3)n2)C1. The van der Waals surface area contributed by atoms with E-state index in [2.05, 4.69) is 15.0 Å². The molecule has 0 fully saturated rings. The first-order chi connectivity index (χ1) is 9.17. The van der Waals surface area contributed by atoms with Crippen LogP contribution < -0.4 is 11.5 Å². The largest absolute Gasteiger partial charge is 0.402 e. The van der Waals surface area contributed by atoms with Gasteiger partial charge in [-0.25, -0.2) is 15.0 Å². The van der Waals surface area contributed by atoms with Crippen LogP contribution in [0.4, 0.5) is 0 Å². The first-order valence-corrected chi connectivity index (χ1v) is 6.71. The van der Waals surface area contributed by atoms with Crippen molar-refractivity contribution in [3.63, 3.8) is 0 Å². The molecule has 0 spiro atoms. The van der Waals surface area contributed by atoms with Crippen LogP contribution in [0.25, 0.3) is 10.7 Å². The summed E-state index contributed by atoms with van der Waals surface area (Å²) in [4.78, 5) is 13.1. The lowest BCUT2D eigenvalue weighted by Crippen LogP contribution is -2.39. The Morgan fingerprint density at radius 1 is 1.26 bits per heavy atom. The number of hydrogen-bond donors (Lipinski definition) is 2. The molecule has 96 valence electrons. The fourth-order valence-corrected chi connectivity index (χ4v) is 2.61. The van der Waals surface area contributed by atoms with Gasteiger partial charge in [0.1, 0.15) is 16.2 Å². The maximum absolute atomic E-state index is 6.34. The van der Waals surface area contributed by atoms with Crippen molar-refractivity contribution >= 4 is 11.3 Å². The molecule has 0 bridgehead atoms. The molecular weight excluding hydrogens is 258 g/mol. The van der Waals surface area contributed by atoms with E-state index in [1.54, 1.807) is 12.4 Å². The molecule has 1 aliphatic carbocycles. The molecule has 1 aliphatic rings. The second-order valence-corrected chi connectivity index (χ2v) is 5.32. The molecular formula is C13H13N5S. The van der Waals surface area contributed by atoms with Gasteiger partial charge in [0, 0.05) is 29.9 Å². The van der Waals surface area contributed by atoms with Crippen LogP contribution in [0.1, 0.15) is 12.2 Å². The smallest absolute Gasteiger partial charge is 0.153 e. The van der Waals surface area contributed by atoms with Gasteiger partial charge >= 0.3 is 0 Å². The quantitative estimate of drug-likeness (QED) is 0.865. The number of nitrogens with zero attached hydrogens (tertiary/aromatic N) is 3. The zero-order chi connectivity index (χ0) is 13.3. The molecule has 0 amide bonds. The normalized spacial score (nSPS) is 22.3. The number of allylic oxidation sites excluding steroid dienone is 2. The lowest BCUT2D eigenvalue weighted by atomic mass is 9.89. The highest BCUT2D eigenvalue weighted by Gasteiger charge is 2.30. The fraction of sp³-hybridized carbons (Fsp3) is 0.154. The van der Waals surface area contributed by atoms with Crippen LogP contribution in [0.5, 0.6) is 0 Å². The van der Waals surface area contributed by atoms with Gasteiger partial charge in [-0.05, 0) is 12.1 Å². The Hall–Kier alpha value is -2.05. The minimum absolute atomic E-state index is 0.519. The van der Waals surface area contributed by atoms with E-state index in [1.165, 1.54) is 11.3 Å². The molecule has 0 aliphatic heterocycles. The van der Waals surface area contributed by atoms with Crippen LogP contribution in [0.15, 0.2) is 47.8 Å². The molecule has 2 aromatic rings. The third-order valence-electron chi connectivity index (χ3n) is 2.92. The van der Waals surface area contributed by atoms with Gasteiger partial charge < -0.3 is 11.5 Å². The van der Waals surface area contributed by atoms with Gasteiger partial charge in [0.2, 0.25) is 0 Å². The van der Waals surface area contributed by atoms with Crippen LogP contribution in [-0.4, -0.2) is 15.0 Å². The molecule has 2 aromatic heterocycles. The van der Waals surface area contributed by atoms with Gasteiger partial charge in [0.15, 0.2) is 5.82 Å². The number of hydrogen-bond acceptors (Lipinski definition) is 6. The summed E-state index contributed by atoms with van der Waals surface area (Å²) >= 11 is 1.53. The summed E-state index contributed by atoms with van der Waals surface area (Å²) in [5.41, 5.74) is 13.0. The Bertz CT molecular complexity index is 647. The molecule has 3 rings (SSSR count). The molecule has 0 aromatic carbocycles. The first-order valence-electron chi connectivity index (χ1n) is 5.83. The third-order valence-corrected chi connectivity index (χ3v) is 3.72. The Morgan fingerprint density at radius 2 is 2.16 bits per heavy atom. The molecule has 19 heavy (non-hydrogen) atoms. The molecule has 6 heteroatoms. The topological polar surface area (TPSA) is 90.7 Å². The monoisotopic (exact) mass is 271 g/mol. The van der Waals surface area contributed by atoms with Crippen LogP contribution in [0.3, 0.4) is 0 Å². The van der Waals surface area contributed by atoms with E-state index in [1.807, 2.05) is 29.7 Å².